The highest BCUT2D eigenvalue weighted by Crippen LogP contribution is 2.43. The zero-order valence-electron chi connectivity index (χ0n) is 9.14. The summed E-state index contributed by atoms with van der Waals surface area (Å²) < 4.78 is 0. The van der Waals surface area contributed by atoms with Gasteiger partial charge in [-0.15, -0.1) is 0 Å². The van der Waals surface area contributed by atoms with E-state index in [-0.39, 0.29) is 0 Å². The number of rotatable bonds is 4. The molecule has 0 bridgehead atoms. The van der Waals surface area contributed by atoms with Gasteiger partial charge < -0.3 is 5.32 Å². The van der Waals surface area contributed by atoms with Gasteiger partial charge in [-0.3, -0.25) is 0 Å². The first-order valence-electron chi connectivity index (χ1n) is 5.66. The second kappa shape index (κ2) is 4.04. The lowest BCUT2D eigenvalue weighted by molar-refractivity contribution is 0.898. The minimum absolute atomic E-state index is 0.866. The molecule has 1 saturated carbocycles. The van der Waals surface area contributed by atoms with E-state index in [0.29, 0.717) is 0 Å². The first-order chi connectivity index (χ1) is 6.86. The van der Waals surface area contributed by atoms with Crippen LogP contribution in [0.5, 0.6) is 0 Å². The summed E-state index contributed by atoms with van der Waals surface area (Å²) in [6.45, 7) is 2.25. The quantitative estimate of drug-likeness (QED) is 0.763. The predicted octanol–water partition coefficient (Wildman–Crippen LogP) is 3.56. The minimum Gasteiger partial charge on any atom is -0.388 e. The van der Waals surface area contributed by atoms with Gasteiger partial charge in [-0.05, 0) is 42.4 Å². The van der Waals surface area contributed by atoms with Crippen LogP contribution in [0.4, 0.5) is 5.69 Å². The highest BCUT2D eigenvalue weighted by Gasteiger charge is 2.26. The molecule has 0 saturated heterocycles. The molecule has 1 fully saturated rings. The molecule has 1 heteroatoms. The van der Waals surface area contributed by atoms with E-state index in [1.54, 1.807) is 11.1 Å². The molecule has 0 heterocycles. The molecule has 0 aliphatic heterocycles. The van der Waals surface area contributed by atoms with Crippen molar-refractivity contribution >= 4 is 5.69 Å². The summed E-state index contributed by atoms with van der Waals surface area (Å²) >= 11 is 0. The molecule has 0 spiro atoms. The Morgan fingerprint density at radius 1 is 1.36 bits per heavy atom. The summed E-state index contributed by atoms with van der Waals surface area (Å²) in [5.74, 6) is 0.866. The Bertz CT molecular complexity index is 313. The monoisotopic (exact) mass is 189 g/mol. The maximum atomic E-state index is 3.30. The third kappa shape index (κ3) is 1.77. The molecular weight excluding hydrogens is 170 g/mol. The number of nitrogens with one attached hydrogen (secondary N) is 1. The van der Waals surface area contributed by atoms with E-state index >= 15 is 0 Å². The molecule has 1 aliphatic carbocycles. The van der Waals surface area contributed by atoms with Gasteiger partial charge in [0.1, 0.15) is 0 Å². The van der Waals surface area contributed by atoms with E-state index in [1.165, 1.54) is 31.4 Å². The zero-order chi connectivity index (χ0) is 9.97. The van der Waals surface area contributed by atoms with Crippen molar-refractivity contribution in [3.63, 3.8) is 0 Å². The molecule has 1 nitrogen and oxygen atoms in total. The van der Waals surface area contributed by atoms with Crippen molar-refractivity contribution in [1.82, 2.24) is 0 Å². The molecular formula is C13H19N. The summed E-state index contributed by atoms with van der Waals surface area (Å²) in [6.07, 6.45) is 5.23. The number of hydrogen-bond acceptors (Lipinski definition) is 1. The fourth-order valence-corrected chi connectivity index (χ4v) is 2.14. The molecule has 0 amide bonds. The van der Waals surface area contributed by atoms with Crippen molar-refractivity contribution in [3.05, 3.63) is 29.3 Å². The van der Waals surface area contributed by atoms with Gasteiger partial charge in [-0.25, -0.2) is 0 Å². The second-order valence-electron chi connectivity index (χ2n) is 4.15. The van der Waals surface area contributed by atoms with Crippen molar-refractivity contribution in [3.8, 4) is 0 Å². The lowest BCUT2D eigenvalue weighted by Gasteiger charge is -2.13. The molecule has 0 radical (unpaired) electrons. The SMILES string of the molecule is CCCc1c(NC)cccc1C1CC1. The minimum atomic E-state index is 0.866. The molecule has 14 heavy (non-hydrogen) atoms. The lowest BCUT2D eigenvalue weighted by Crippen LogP contribution is -1.99. The molecule has 0 unspecified atom stereocenters. The Morgan fingerprint density at radius 3 is 2.71 bits per heavy atom. The van der Waals surface area contributed by atoms with E-state index in [9.17, 15) is 0 Å². The largest absolute Gasteiger partial charge is 0.388 e. The van der Waals surface area contributed by atoms with E-state index in [2.05, 4.69) is 30.4 Å². The Balaban J connectivity index is 2.36. The van der Waals surface area contributed by atoms with Gasteiger partial charge in [0, 0.05) is 12.7 Å². The first-order valence-corrected chi connectivity index (χ1v) is 5.66. The first kappa shape index (κ1) is 9.57. The average Bonchev–Trinajstić information content (AvgIpc) is 3.02. The summed E-state index contributed by atoms with van der Waals surface area (Å²) in [5.41, 5.74) is 4.48. The zero-order valence-corrected chi connectivity index (χ0v) is 9.14. The summed E-state index contributed by atoms with van der Waals surface area (Å²) in [5, 5.41) is 3.30. The van der Waals surface area contributed by atoms with Crippen LogP contribution in [0.2, 0.25) is 0 Å². The number of hydrogen-bond donors (Lipinski definition) is 1. The maximum Gasteiger partial charge on any atom is 0.0372 e. The fraction of sp³-hybridized carbons (Fsp3) is 0.538. The van der Waals surface area contributed by atoms with Crippen LogP contribution in [0.15, 0.2) is 18.2 Å². The second-order valence-corrected chi connectivity index (χ2v) is 4.15. The number of benzene rings is 1. The Morgan fingerprint density at radius 2 is 2.14 bits per heavy atom. The van der Waals surface area contributed by atoms with Crippen molar-refractivity contribution in [2.45, 2.75) is 38.5 Å². The van der Waals surface area contributed by atoms with Crippen LogP contribution in [0.1, 0.15) is 43.2 Å². The Hall–Kier alpha value is -0.980. The smallest absolute Gasteiger partial charge is 0.0372 e. The average molecular weight is 189 g/mol. The van der Waals surface area contributed by atoms with Crippen LogP contribution in [0.3, 0.4) is 0 Å². The summed E-state index contributed by atoms with van der Waals surface area (Å²) in [6, 6.07) is 6.68. The molecule has 76 valence electrons. The van der Waals surface area contributed by atoms with Gasteiger partial charge >= 0.3 is 0 Å². The molecule has 1 aliphatic rings. The van der Waals surface area contributed by atoms with Crippen LogP contribution in [-0.2, 0) is 6.42 Å². The van der Waals surface area contributed by atoms with Gasteiger partial charge in [0.15, 0.2) is 0 Å². The standard InChI is InChI=1S/C13H19N/c1-3-5-12-11(10-8-9-10)6-4-7-13(12)14-2/h4,6-7,10,14H,3,5,8-9H2,1-2H3. The van der Waals surface area contributed by atoms with Crippen LogP contribution in [0, 0.1) is 0 Å². The van der Waals surface area contributed by atoms with Crippen LogP contribution in [-0.4, -0.2) is 7.05 Å². The van der Waals surface area contributed by atoms with E-state index in [1.807, 2.05) is 7.05 Å². The summed E-state index contributed by atoms with van der Waals surface area (Å²) in [7, 11) is 2.02. The van der Waals surface area contributed by atoms with Crippen molar-refractivity contribution in [1.29, 1.82) is 0 Å². The molecule has 0 atom stereocenters. The summed E-state index contributed by atoms with van der Waals surface area (Å²) in [4.78, 5) is 0. The molecule has 1 N–H and O–H groups in total. The fourth-order valence-electron chi connectivity index (χ4n) is 2.14. The van der Waals surface area contributed by atoms with Crippen LogP contribution in [0.25, 0.3) is 0 Å². The lowest BCUT2D eigenvalue weighted by atomic mass is 9.97. The van der Waals surface area contributed by atoms with Crippen LogP contribution >= 0.6 is 0 Å². The Kier molecular flexibility index (Phi) is 2.76. The van der Waals surface area contributed by atoms with E-state index in [4.69, 9.17) is 0 Å². The van der Waals surface area contributed by atoms with Crippen molar-refractivity contribution < 1.29 is 0 Å². The van der Waals surface area contributed by atoms with E-state index < -0.39 is 0 Å². The topological polar surface area (TPSA) is 12.0 Å². The maximum absolute atomic E-state index is 3.30. The molecule has 2 rings (SSSR count). The highest BCUT2D eigenvalue weighted by atomic mass is 14.8. The third-order valence-corrected chi connectivity index (χ3v) is 3.00. The predicted molar refractivity (Wildman–Crippen MR) is 62.0 cm³/mol. The Labute approximate surface area is 86.5 Å². The molecule has 1 aromatic carbocycles. The van der Waals surface area contributed by atoms with Gasteiger partial charge in [0.25, 0.3) is 0 Å². The molecule has 1 aromatic rings. The van der Waals surface area contributed by atoms with Crippen LogP contribution < -0.4 is 5.32 Å². The third-order valence-electron chi connectivity index (χ3n) is 3.00. The normalized spacial score (nSPS) is 15.6. The van der Waals surface area contributed by atoms with Gasteiger partial charge in [-0.1, -0.05) is 25.5 Å². The van der Waals surface area contributed by atoms with Gasteiger partial charge in [0.2, 0.25) is 0 Å². The molecule has 0 aromatic heterocycles. The van der Waals surface area contributed by atoms with Gasteiger partial charge in [0.05, 0.1) is 0 Å². The van der Waals surface area contributed by atoms with Crippen molar-refractivity contribution in [2.75, 3.05) is 12.4 Å². The highest BCUT2D eigenvalue weighted by molar-refractivity contribution is 5.56. The van der Waals surface area contributed by atoms with E-state index in [0.717, 1.165) is 5.92 Å². The van der Waals surface area contributed by atoms with Gasteiger partial charge in [-0.2, -0.15) is 0 Å². The van der Waals surface area contributed by atoms with Crippen molar-refractivity contribution in [2.24, 2.45) is 0 Å². The number of anilines is 1.